The zero-order valence-corrected chi connectivity index (χ0v) is 8.13. The van der Waals surface area contributed by atoms with Crippen molar-refractivity contribution in [2.75, 3.05) is 6.54 Å². The Bertz CT molecular complexity index is 95.8. The first kappa shape index (κ1) is 11.9. The van der Waals surface area contributed by atoms with Gasteiger partial charge in [-0.25, -0.2) is 0 Å². The van der Waals surface area contributed by atoms with Crippen molar-refractivity contribution in [3.8, 4) is 0 Å². The van der Waals surface area contributed by atoms with Gasteiger partial charge in [-0.3, -0.25) is 0 Å². The van der Waals surface area contributed by atoms with Gasteiger partial charge >= 0.3 is 0 Å². The first-order chi connectivity index (χ1) is 5.70. The molecule has 0 heterocycles. The minimum Gasteiger partial charge on any atom is -0.330 e. The van der Waals surface area contributed by atoms with Crippen LogP contribution in [0.2, 0.25) is 0 Å². The lowest BCUT2D eigenvalue weighted by molar-refractivity contribution is 0.483. The van der Waals surface area contributed by atoms with Crippen molar-refractivity contribution in [2.45, 2.75) is 51.1 Å². The largest absolute Gasteiger partial charge is 0.330 e. The lowest BCUT2D eigenvalue weighted by Crippen LogP contribution is -2.26. The molecule has 3 heteroatoms. The molecule has 0 aliphatic carbocycles. The minimum absolute atomic E-state index is 0.297. The highest BCUT2D eigenvalue weighted by molar-refractivity contribution is 4.66. The molecule has 0 amide bonds. The van der Waals surface area contributed by atoms with Crippen LogP contribution < -0.4 is 17.2 Å². The number of nitrogens with two attached hydrogens (primary N) is 3. The number of hydrogen-bond acceptors (Lipinski definition) is 3. The van der Waals surface area contributed by atoms with Crippen molar-refractivity contribution in [3.63, 3.8) is 0 Å². The quantitative estimate of drug-likeness (QED) is 0.526. The van der Waals surface area contributed by atoms with Crippen LogP contribution in [-0.4, -0.2) is 18.6 Å². The van der Waals surface area contributed by atoms with Crippen molar-refractivity contribution >= 4 is 0 Å². The molecular weight excluding hydrogens is 150 g/mol. The summed E-state index contributed by atoms with van der Waals surface area (Å²) in [6.07, 6.45) is 5.19. The summed E-state index contributed by atoms with van der Waals surface area (Å²) in [5.41, 5.74) is 17.0. The Hall–Kier alpha value is -0.120. The third kappa shape index (κ3) is 6.58. The first-order valence-corrected chi connectivity index (χ1v) is 4.92. The van der Waals surface area contributed by atoms with Crippen LogP contribution in [0.1, 0.15) is 39.0 Å². The zero-order chi connectivity index (χ0) is 9.40. The smallest absolute Gasteiger partial charge is 0.00398 e. The molecule has 0 bridgehead atoms. The fourth-order valence-electron chi connectivity index (χ4n) is 1.16. The Morgan fingerprint density at radius 3 is 2.08 bits per heavy atom. The predicted octanol–water partition coefficient (Wildman–Crippen LogP) is 0.570. The average molecular weight is 173 g/mol. The fourth-order valence-corrected chi connectivity index (χ4v) is 1.16. The molecule has 0 fully saturated rings. The lowest BCUT2D eigenvalue weighted by atomic mass is 10.0. The van der Waals surface area contributed by atoms with Crippen LogP contribution in [0.25, 0.3) is 0 Å². The summed E-state index contributed by atoms with van der Waals surface area (Å²) in [5, 5.41) is 0. The van der Waals surface area contributed by atoms with E-state index in [0.29, 0.717) is 12.1 Å². The molecule has 0 aliphatic heterocycles. The highest BCUT2D eigenvalue weighted by Crippen LogP contribution is 2.05. The second-order valence-corrected chi connectivity index (χ2v) is 3.44. The van der Waals surface area contributed by atoms with Crippen molar-refractivity contribution in [1.29, 1.82) is 0 Å². The van der Waals surface area contributed by atoms with E-state index in [1.807, 2.05) is 0 Å². The van der Waals surface area contributed by atoms with E-state index in [1.165, 1.54) is 0 Å². The van der Waals surface area contributed by atoms with Gasteiger partial charge in [-0.15, -0.1) is 0 Å². The molecule has 0 saturated heterocycles. The van der Waals surface area contributed by atoms with E-state index in [-0.39, 0.29) is 0 Å². The topological polar surface area (TPSA) is 78.1 Å². The van der Waals surface area contributed by atoms with Gasteiger partial charge < -0.3 is 17.2 Å². The molecule has 0 aromatic rings. The lowest BCUT2D eigenvalue weighted by Gasteiger charge is -2.13. The molecule has 0 spiro atoms. The summed E-state index contributed by atoms with van der Waals surface area (Å²) in [6, 6.07) is 0.625. The molecule has 0 aromatic heterocycles. The van der Waals surface area contributed by atoms with E-state index in [9.17, 15) is 0 Å². The summed E-state index contributed by atoms with van der Waals surface area (Å²) in [5.74, 6) is 0. The standard InChI is InChI=1S/C9H23N3/c1-2-8(11)5-6-9(12)4-3-7-10/h8-9H,2-7,10-12H2,1H3. The van der Waals surface area contributed by atoms with Crippen molar-refractivity contribution in [3.05, 3.63) is 0 Å². The van der Waals surface area contributed by atoms with E-state index < -0.39 is 0 Å². The SMILES string of the molecule is CCC(N)CCC(N)CCCN. The maximum atomic E-state index is 5.85. The Balaban J connectivity index is 3.24. The molecule has 0 radical (unpaired) electrons. The monoisotopic (exact) mass is 173 g/mol. The van der Waals surface area contributed by atoms with Gasteiger partial charge in [0.05, 0.1) is 0 Å². The summed E-state index contributed by atoms with van der Waals surface area (Å²) in [6.45, 7) is 2.85. The summed E-state index contributed by atoms with van der Waals surface area (Å²) in [7, 11) is 0. The second-order valence-electron chi connectivity index (χ2n) is 3.44. The van der Waals surface area contributed by atoms with Crippen LogP contribution in [0, 0.1) is 0 Å². The van der Waals surface area contributed by atoms with Gasteiger partial charge in [0.25, 0.3) is 0 Å². The van der Waals surface area contributed by atoms with E-state index >= 15 is 0 Å². The molecule has 0 saturated carbocycles. The van der Waals surface area contributed by atoms with Gasteiger partial charge in [0.2, 0.25) is 0 Å². The minimum atomic E-state index is 0.297. The van der Waals surface area contributed by atoms with Gasteiger partial charge in [-0.2, -0.15) is 0 Å². The van der Waals surface area contributed by atoms with Gasteiger partial charge in [-0.1, -0.05) is 6.92 Å². The Kier molecular flexibility index (Phi) is 7.45. The molecule has 12 heavy (non-hydrogen) atoms. The summed E-state index contributed by atoms with van der Waals surface area (Å²) < 4.78 is 0. The van der Waals surface area contributed by atoms with E-state index in [2.05, 4.69) is 6.92 Å². The van der Waals surface area contributed by atoms with Crippen molar-refractivity contribution in [2.24, 2.45) is 17.2 Å². The van der Waals surface area contributed by atoms with Gasteiger partial charge in [-0.05, 0) is 38.6 Å². The van der Waals surface area contributed by atoms with E-state index in [1.54, 1.807) is 0 Å². The zero-order valence-electron chi connectivity index (χ0n) is 8.13. The van der Waals surface area contributed by atoms with Gasteiger partial charge in [0, 0.05) is 12.1 Å². The van der Waals surface area contributed by atoms with Crippen LogP contribution in [0.3, 0.4) is 0 Å². The molecule has 0 aromatic carbocycles. The Labute approximate surface area is 75.7 Å². The van der Waals surface area contributed by atoms with Crippen LogP contribution in [0.15, 0.2) is 0 Å². The van der Waals surface area contributed by atoms with Gasteiger partial charge in [0.15, 0.2) is 0 Å². The highest BCUT2D eigenvalue weighted by Gasteiger charge is 2.04. The highest BCUT2D eigenvalue weighted by atomic mass is 14.7. The Morgan fingerprint density at radius 1 is 1.00 bits per heavy atom. The first-order valence-electron chi connectivity index (χ1n) is 4.92. The third-order valence-electron chi connectivity index (χ3n) is 2.21. The molecule has 74 valence electrons. The average Bonchev–Trinajstić information content (AvgIpc) is 2.10. The number of rotatable bonds is 7. The Morgan fingerprint density at radius 2 is 1.58 bits per heavy atom. The summed E-state index contributed by atoms with van der Waals surface area (Å²) in [4.78, 5) is 0. The molecule has 2 atom stereocenters. The third-order valence-corrected chi connectivity index (χ3v) is 2.21. The molecule has 0 rings (SSSR count). The normalized spacial score (nSPS) is 16.0. The van der Waals surface area contributed by atoms with Crippen molar-refractivity contribution in [1.82, 2.24) is 0 Å². The van der Waals surface area contributed by atoms with Crippen LogP contribution in [0.5, 0.6) is 0 Å². The van der Waals surface area contributed by atoms with Crippen LogP contribution in [0.4, 0.5) is 0 Å². The van der Waals surface area contributed by atoms with Crippen LogP contribution >= 0.6 is 0 Å². The number of hydrogen-bond donors (Lipinski definition) is 3. The maximum absolute atomic E-state index is 5.85. The fraction of sp³-hybridized carbons (Fsp3) is 1.00. The van der Waals surface area contributed by atoms with E-state index in [0.717, 1.165) is 38.6 Å². The molecular formula is C9H23N3. The van der Waals surface area contributed by atoms with Crippen LogP contribution in [-0.2, 0) is 0 Å². The second kappa shape index (κ2) is 7.53. The predicted molar refractivity (Wildman–Crippen MR) is 53.8 cm³/mol. The maximum Gasteiger partial charge on any atom is 0.00398 e. The molecule has 2 unspecified atom stereocenters. The van der Waals surface area contributed by atoms with E-state index in [4.69, 9.17) is 17.2 Å². The molecule has 3 nitrogen and oxygen atoms in total. The molecule has 6 N–H and O–H groups in total. The summed E-state index contributed by atoms with van der Waals surface area (Å²) >= 11 is 0. The van der Waals surface area contributed by atoms with Gasteiger partial charge in [0.1, 0.15) is 0 Å². The van der Waals surface area contributed by atoms with Crippen molar-refractivity contribution < 1.29 is 0 Å². The molecule has 0 aliphatic rings.